The highest BCUT2D eigenvalue weighted by molar-refractivity contribution is 6.31. The van der Waals surface area contributed by atoms with Crippen LogP contribution in [0.15, 0.2) is 18.2 Å². The van der Waals surface area contributed by atoms with Gasteiger partial charge in [0.25, 0.3) is 0 Å². The molecule has 1 unspecified atom stereocenters. The van der Waals surface area contributed by atoms with Gasteiger partial charge in [-0.3, -0.25) is 4.90 Å². The topological polar surface area (TPSA) is 38.5 Å². The Morgan fingerprint density at radius 1 is 1.47 bits per heavy atom. The zero-order chi connectivity index (χ0) is 13.2. The SMILES string of the molecule is COc1cccc(Cl)c1CN1CCC(C)(CN)C1.Cl. The van der Waals surface area contributed by atoms with Crippen molar-refractivity contribution in [1.82, 2.24) is 4.90 Å². The van der Waals surface area contributed by atoms with E-state index in [4.69, 9.17) is 22.1 Å². The van der Waals surface area contributed by atoms with Crippen LogP contribution in [-0.2, 0) is 6.54 Å². The number of methoxy groups -OCH3 is 1. The summed E-state index contributed by atoms with van der Waals surface area (Å²) >= 11 is 6.26. The second-order valence-corrected chi connectivity index (χ2v) is 5.80. The molecule has 0 spiro atoms. The summed E-state index contributed by atoms with van der Waals surface area (Å²) in [5, 5.41) is 0.774. The van der Waals surface area contributed by atoms with Crippen LogP contribution in [0.25, 0.3) is 0 Å². The predicted molar refractivity (Wildman–Crippen MR) is 82.3 cm³/mol. The fourth-order valence-corrected chi connectivity index (χ4v) is 2.76. The largest absolute Gasteiger partial charge is 0.496 e. The van der Waals surface area contributed by atoms with Crippen LogP contribution in [0, 0.1) is 5.41 Å². The lowest BCUT2D eigenvalue weighted by Gasteiger charge is -2.23. The molecule has 5 heteroatoms. The van der Waals surface area contributed by atoms with Gasteiger partial charge in [-0.05, 0) is 37.1 Å². The summed E-state index contributed by atoms with van der Waals surface area (Å²) in [4.78, 5) is 2.40. The number of nitrogens with two attached hydrogens (primary N) is 1. The van der Waals surface area contributed by atoms with Gasteiger partial charge >= 0.3 is 0 Å². The van der Waals surface area contributed by atoms with Crippen LogP contribution in [0.1, 0.15) is 18.9 Å². The smallest absolute Gasteiger partial charge is 0.124 e. The van der Waals surface area contributed by atoms with Gasteiger partial charge in [0, 0.05) is 23.7 Å². The van der Waals surface area contributed by atoms with Gasteiger partial charge in [0.2, 0.25) is 0 Å². The lowest BCUT2D eigenvalue weighted by atomic mass is 9.90. The van der Waals surface area contributed by atoms with Gasteiger partial charge in [-0.1, -0.05) is 24.6 Å². The molecular formula is C14H22Cl2N2O. The fourth-order valence-electron chi connectivity index (χ4n) is 2.53. The molecule has 1 aliphatic heterocycles. The lowest BCUT2D eigenvalue weighted by molar-refractivity contribution is 0.270. The maximum atomic E-state index is 6.26. The van der Waals surface area contributed by atoms with E-state index >= 15 is 0 Å². The van der Waals surface area contributed by atoms with Crippen LogP contribution in [0.2, 0.25) is 5.02 Å². The summed E-state index contributed by atoms with van der Waals surface area (Å²) < 4.78 is 5.38. The molecule has 3 nitrogen and oxygen atoms in total. The van der Waals surface area contributed by atoms with E-state index < -0.39 is 0 Å². The van der Waals surface area contributed by atoms with Crippen molar-refractivity contribution in [3.05, 3.63) is 28.8 Å². The number of halogens is 2. The second-order valence-electron chi connectivity index (χ2n) is 5.40. The summed E-state index contributed by atoms with van der Waals surface area (Å²) in [7, 11) is 1.68. The molecule has 19 heavy (non-hydrogen) atoms. The maximum Gasteiger partial charge on any atom is 0.124 e. The van der Waals surface area contributed by atoms with Crippen LogP contribution >= 0.6 is 24.0 Å². The molecule has 0 radical (unpaired) electrons. The Labute approximate surface area is 126 Å². The third kappa shape index (κ3) is 3.76. The third-order valence-corrected chi connectivity index (χ3v) is 4.16. The van der Waals surface area contributed by atoms with Crippen molar-refractivity contribution < 1.29 is 4.74 Å². The van der Waals surface area contributed by atoms with Gasteiger partial charge in [-0.15, -0.1) is 12.4 Å². The van der Waals surface area contributed by atoms with E-state index in [0.717, 1.165) is 48.9 Å². The van der Waals surface area contributed by atoms with E-state index in [0.29, 0.717) is 0 Å². The zero-order valence-corrected chi connectivity index (χ0v) is 13.1. The van der Waals surface area contributed by atoms with Gasteiger partial charge in [-0.2, -0.15) is 0 Å². The quantitative estimate of drug-likeness (QED) is 0.929. The van der Waals surface area contributed by atoms with Gasteiger partial charge in [0.05, 0.1) is 7.11 Å². The first kappa shape index (κ1) is 16.6. The second kappa shape index (κ2) is 6.80. The predicted octanol–water partition coefficient (Wildman–Crippen LogP) is 2.94. The summed E-state index contributed by atoms with van der Waals surface area (Å²) in [6.07, 6.45) is 1.15. The number of ether oxygens (including phenoxy) is 1. The molecule has 1 aliphatic rings. The third-order valence-electron chi connectivity index (χ3n) is 3.81. The first-order valence-electron chi connectivity index (χ1n) is 6.32. The van der Waals surface area contributed by atoms with Crippen molar-refractivity contribution in [2.75, 3.05) is 26.7 Å². The van der Waals surface area contributed by atoms with Crippen LogP contribution in [0.5, 0.6) is 5.75 Å². The summed E-state index contributed by atoms with van der Waals surface area (Å²) in [5.41, 5.74) is 7.15. The standard InChI is InChI=1S/C14H21ClN2O.ClH/c1-14(9-16)6-7-17(10-14)8-11-12(15)4-3-5-13(11)18-2;/h3-5H,6-10,16H2,1-2H3;1H. The molecule has 0 aromatic heterocycles. The highest BCUT2D eigenvalue weighted by atomic mass is 35.5. The monoisotopic (exact) mass is 304 g/mol. The van der Waals surface area contributed by atoms with Crippen molar-refractivity contribution >= 4 is 24.0 Å². The number of likely N-dealkylation sites (tertiary alicyclic amines) is 1. The molecule has 2 N–H and O–H groups in total. The number of hydrogen-bond donors (Lipinski definition) is 1. The molecule has 0 aliphatic carbocycles. The molecule has 1 aromatic rings. The molecule has 1 fully saturated rings. The molecule has 1 atom stereocenters. The number of nitrogens with zero attached hydrogens (tertiary/aromatic N) is 1. The average Bonchev–Trinajstić information content (AvgIpc) is 2.74. The molecule has 2 rings (SSSR count). The Balaban J connectivity index is 0.00000180. The van der Waals surface area contributed by atoms with E-state index in [1.807, 2.05) is 18.2 Å². The molecular weight excluding hydrogens is 283 g/mol. The highest BCUT2D eigenvalue weighted by Crippen LogP contribution is 2.33. The molecule has 0 bridgehead atoms. The minimum Gasteiger partial charge on any atom is -0.496 e. The van der Waals surface area contributed by atoms with E-state index in [1.54, 1.807) is 7.11 Å². The van der Waals surface area contributed by atoms with E-state index in [9.17, 15) is 0 Å². The van der Waals surface area contributed by atoms with Crippen molar-refractivity contribution in [3.8, 4) is 5.75 Å². The molecule has 0 saturated carbocycles. The van der Waals surface area contributed by atoms with E-state index in [1.165, 1.54) is 0 Å². The molecule has 0 amide bonds. The number of rotatable bonds is 4. The van der Waals surface area contributed by atoms with Gasteiger partial charge in [0.1, 0.15) is 5.75 Å². The van der Waals surface area contributed by atoms with E-state index in [-0.39, 0.29) is 17.8 Å². The number of benzene rings is 1. The van der Waals surface area contributed by atoms with E-state index in [2.05, 4.69) is 11.8 Å². The molecule has 1 aromatic carbocycles. The van der Waals surface area contributed by atoms with Crippen molar-refractivity contribution in [2.45, 2.75) is 19.9 Å². The van der Waals surface area contributed by atoms with Crippen LogP contribution in [0.4, 0.5) is 0 Å². The van der Waals surface area contributed by atoms with Gasteiger partial charge < -0.3 is 10.5 Å². The fraction of sp³-hybridized carbons (Fsp3) is 0.571. The highest BCUT2D eigenvalue weighted by Gasteiger charge is 2.32. The van der Waals surface area contributed by atoms with Crippen LogP contribution < -0.4 is 10.5 Å². The summed E-state index contributed by atoms with van der Waals surface area (Å²) in [6.45, 7) is 5.92. The molecule has 108 valence electrons. The first-order valence-corrected chi connectivity index (χ1v) is 6.69. The Kier molecular flexibility index (Phi) is 5.93. The Morgan fingerprint density at radius 3 is 2.79 bits per heavy atom. The number of hydrogen-bond acceptors (Lipinski definition) is 3. The van der Waals surface area contributed by atoms with Crippen LogP contribution in [0.3, 0.4) is 0 Å². The summed E-state index contributed by atoms with van der Waals surface area (Å²) in [5.74, 6) is 0.865. The normalized spacial score (nSPS) is 23.2. The molecule has 1 saturated heterocycles. The lowest BCUT2D eigenvalue weighted by Crippen LogP contribution is -2.31. The average molecular weight is 305 g/mol. The van der Waals surface area contributed by atoms with Crippen molar-refractivity contribution in [3.63, 3.8) is 0 Å². The maximum absolute atomic E-state index is 6.26. The minimum atomic E-state index is 0. The Bertz CT molecular complexity index is 428. The molecule has 1 heterocycles. The van der Waals surface area contributed by atoms with Crippen LogP contribution in [-0.4, -0.2) is 31.6 Å². The zero-order valence-electron chi connectivity index (χ0n) is 11.5. The van der Waals surface area contributed by atoms with Gasteiger partial charge in [-0.25, -0.2) is 0 Å². The minimum absolute atomic E-state index is 0. The Hall–Kier alpha value is -0.480. The summed E-state index contributed by atoms with van der Waals surface area (Å²) in [6, 6.07) is 5.79. The van der Waals surface area contributed by atoms with Crippen molar-refractivity contribution in [2.24, 2.45) is 11.1 Å². The Morgan fingerprint density at radius 2 is 2.21 bits per heavy atom. The van der Waals surface area contributed by atoms with Crippen molar-refractivity contribution in [1.29, 1.82) is 0 Å². The van der Waals surface area contributed by atoms with Gasteiger partial charge in [0.15, 0.2) is 0 Å². The first-order chi connectivity index (χ1) is 8.58.